The number of benzene rings is 8. The van der Waals surface area contributed by atoms with Crippen LogP contribution >= 0.6 is 81.2 Å². The first-order chi connectivity index (χ1) is 51.9. The summed E-state index contributed by atoms with van der Waals surface area (Å²) in [5, 5.41) is 4.57. The average molecular weight is 1700 g/mol. The lowest BCUT2D eigenvalue weighted by atomic mass is 10.0. The smallest absolute Gasteiger partial charge is 0.259 e. The summed E-state index contributed by atoms with van der Waals surface area (Å²) in [6, 6.07) is 58.6. The molecule has 0 aliphatic carbocycles. The molecule has 0 radical (unpaired) electrons. The molecule has 0 saturated carbocycles. The van der Waals surface area contributed by atoms with Crippen LogP contribution in [-0.2, 0) is 18.5 Å². The minimum Gasteiger partial charge on any atom is -0.259 e. The van der Waals surface area contributed by atoms with Gasteiger partial charge < -0.3 is 0 Å². The summed E-state index contributed by atoms with van der Waals surface area (Å²) in [5.74, 6) is 1.44. The molecular weight excluding hydrogens is 1600 g/mol. The number of hydrogen-bond donors (Lipinski definition) is 0. The Labute approximate surface area is 693 Å². The summed E-state index contributed by atoms with van der Waals surface area (Å²) in [5.41, 5.74) is 6.93. The van der Waals surface area contributed by atoms with Crippen molar-refractivity contribution in [2.45, 2.75) is 216 Å². The minimum atomic E-state index is -4.48. The summed E-state index contributed by atoms with van der Waals surface area (Å²) in [7, 11) is 0. The van der Waals surface area contributed by atoms with E-state index in [1.54, 1.807) is 45.9 Å². The zero-order valence-electron chi connectivity index (χ0n) is 67.1. The number of rotatable bonds is 10. The topological polar surface area (TPSA) is 25.8 Å². The third kappa shape index (κ3) is 41.5. The van der Waals surface area contributed by atoms with Gasteiger partial charge in [0.2, 0.25) is 0 Å². The van der Waals surface area contributed by atoms with E-state index in [9.17, 15) is 52.7 Å². The average Bonchev–Trinajstić information content (AvgIpc) is 0.898. The Bertz CT molecular complexity index is 4220. The molecule has 0 saturated heterocycles. The largest absolute Gasteiger partial charge is 0.417 e. The van der Waals surface area contributed by atoms with E-state index in [0.29, 0.717) is 68.0 Å². The Balaban J connectivity index is 0.000000624. The molecule has 0 spiro atoms. The van der Waals surface area contributed by atoms with Gasteiger partial charge in [0.25, 0.3) is 0 Å². The summed E-state index contributed by atoms with van der Waals surface area (Å²) < 4.78 is 149. The van der Waals surface area contributed by atoms with Crippen LogP contribution in [0.5, 0.6) is 0 Å². The van der Waals surface area contributed by atoms with Crippen LogP contribution in [-0.4, -0.2) is 9.97 Å². The molecule has 0 bridgehead atoms. The summed E-state index contributed by atoms with van der Waals surface area (Å²) in [6.45, 7) is 40.1. The fourth-order valence-electron chi connectivity index (χ4n) is 9.42. The number of nitrogens with zero attached hydrogens (tertiary/aromatic N) is 2. The number of alkyl halides is 9. The van der Waals surface area contributed by atoms with Crippen LogP contribution in [0.25, 0.3) is 0 Å². The first-order valence-electron chi connectivity index (χ1n) is 36.5. The van der Waals surface area contributed by atoms with Crippen LogP contribution in [0.2, 0.25) is 35.3 Å². The van der Waals surface area contributed by atoms with E-state index in [-0.39, 0.29) is 34.3 Å². The van der Waals surface area contributed by atoms with Gasteiger partial charge in [0.05, 0.1) is 27.4 Å². The second-order valence-electron chi connectivity index (χ2n) is 28.8. The minimum absolute atomic E-state index is 0.0183. The molecule has 21 heteroatoms. The molecule has 2 nitrogen and oxygen atoms in total. The van der Waals surface area contributed by atoms with Crippen molar-refractivity contribution in [2.75, 3.05) is 0 Å². The number of hydrogen-bond acceptors (Lipinski definition) is 2. The molecule has 0 aliphatic rings. The standard InChI is InChI=1S/C10H10F4.C10H11F3.C9H10Cl2.C9H9ClF3N.3C9H11Cl.C9H10F2.C9H12.C8H10ClN/c1-6(2)7-3-8(10(12,13)14)5-9(11)4-7;1-7(2)8-4-3-5-9(6-8)10(11,12)13;1-6(2)7-3-8(10)5-9(11)4-7;1-5(2)8-7(10)3-6(4-14-8)9(11,12)13;1-7(2)8-3-5-9(10)6-4-8;1-7(2)8-4-3-5-9(10)6-8;1-7(2)8-5-3-4-6-9(8)10;1-6(2)9-7(10)4-3-5-8(9)11;1-8(2)9-6-4-3-5-7-9;1-6(2)7-4-3-5-8(9)10-7/h3-6H,1-2H3;3-7H,1-2H3;3-6H,1-2H3;3-5H,1-2H3;3*3-7H,1-2H3;3-6H,1-2H3;3-8H,1-2H3;3-6H,1-2H3. The maximum Gasteiger partial charge on any atom is 0.417 e. The highest BCUT2D eigenvalue weighted by Gasteiger charge is 2.33. The van der Waals surface area contributed by atoms with E-state index in [2.05, 4.69) is 142 Å². The second kappa shape index (κ2) is 51.3. The molecule has 612 valence electrons. The zero-order valence-corrected chi connectivity index (χ0v) is 72.3. The predicted octanol–water partition coefficient (Wildman–Crippen LogP) is 34.9. The first kappa shape index (κ1) is 103. The van der Waals surface area contributed by atoms with Gasteiger partial charge in [-0.1, -0.05) is 323 Å². The van der Waals surface area contributed by atoms with Crippen molar-refractivity contribution in [3.8, 4) is 0 Å². The second-order valence-corrected chi connectivity index (χ2v) is 31.7. The third-order valence-corrected chi connectivity index (χ3v) is 17.8. The summed E-state index contributed by atoms with van der Waals surface area (Å²) in [6.07, 6.45) is -12.3. The van der Waals surface area contributed by atoms with Gasteiger partial charge in [-0.15, -0.1) is 0 Å². The van der Waals surface area contributed by atoms with Crippen LogP contribution in [0.3, 0.4) is 0 Å². The van der Waals surface area contributed by atoms with Crippen molar-refractivity contribution in [3.05, 3.63) is 338 Å². The molecule has 2 heterocycles. The van der Waals surface area contributed by atoms with Crippen LogP contribution < -0.4 is 0 Å². The van der Waals surface area contributed by atoms with Crippen LogP contribution in [0.15, 0.2) is 212 Å². The molecule has 2 aromatic heterocycles. The maximum atomic E-state index is 12.9. The third-order valence-electron chi connectivity index (χ3n) is 16.0. The number of pyridine rings is 2. The van der Waals surface area contributed by atoms with Crippen molar-refractivity contribution in [3.63, 3.8) is 0 Å². The normalized spacial score (nSPS) is 11.1. The molecule has 0 unspecified atom stereocenters. The van der Waals surface area contributed by atoms with E-state index < -0.39 is 52.7 Å². The van der Waals surface area contributed by atoms with E-state index in [1.807, 2.05) is 107 Å². The molecule has 8 aromatic carbocycles. The van der Waals surface area contributed by atoms with E-state index in [0.717, 1.165) is 56.8 Å². The van der Waals surface area contributed by atoms with Crippen LogP contribution in [0.1, 0.15) is 270 Å². The number of halogens is 19. The van der Waals surface area contributed by atoms with Gasteiger partial charge in [-0.2, -0.15) is 39.5 Å². The highest BCUT2D eigenvalue weighted by Crippen LogP contribution is 2.36. The molecule has 0 N–H and O–H groups in total. The Morgan fingerprint density at radius 1 is 0.277 bits per heavy atom. The SMILES string of the molecule is CC(C)c1c(F)cccc1F.CC(C)c1cc(Cl)cc(Cl)c1.CC(C)c1cc(F)cc(C(F)(F)F)c1.CC(C)c1ccc(Cl)cc1.CC(C)c1cccc(C(F)(F)F)c1.CC(C)c1cccc(Cl)c1.CC(C)c1cccc(Cl)n1.CC(C)c1ccccc1.CC(C)c1ccccc1Cl.CC(C)c1ncc(C(F)(F)F)cc1Cl. The van der Waals surface area contributed by atoms with E-state index in [1.165, 1.54) is 58.1 Å². The molecular formula is C91H105Cl7F12N2. The molecule has 10 rings (SSSR count). The molecule has 0 fully saturated rings. The monoisotopic (exact) mass is 1700 g/mol. The van der Waals surface area contributed by atoms with Crippen molar-refractivity contribution in [2.24, 2.45) is 0 Å². The molecule has 0 amide bonds. The fourth-order valence-corrected chi connectivity index (χ4v) is 11.2. The molecule has 0 aliphatic heterocycles. The highest BCUT2D eigenvalue weighted by atomic mass is 35.5. The van der Waals surface area contributed by atoms with Gasteiger partial charge in [-0.25, -0.2) is 18.2 Å². The highest BCUT2D eigenvalue weighted by molar-refractivity contribution is 6.35. The van der Waals surface area contributed by atoms with Crippen molar-refractivity contribution < 1.29 is 52.7 Å². The fraction of sp³-hybridized carbons (Fsp3) is 0.363. The van der Waals surface area contributed by atoms with Crippen molar-refractivity contribution >= 4 is 81.2 Å². The van der Waals surface area contributed by atoms with Crippen LogP contribution in [0.4, 0.5) is 52.7 Å². The lowest BCUT2D eigenvalue weighted by molar-refractivity contribution is -0.138. The first-order valence-corrected chi connectivity index (χ1v) is 39.1. The lowest BCUT2D eigenvalue weighted by Gasteiger charge is -2.11. The van der Waals surface area contributed by atoms with Crippen LogP contribution in [0, 0.1) is 17.5 Å². The quantitative estimate of drug-likeness (QED) is 0.101. The maximum absolute atomic E-state index is 12.9. The van der Waals surface area contributed by atoms with Crippen molar-refractivity contribution in [1.29, 1.82) is 0 Å². The van der Waals surface area contributed by atoms with E-state index in [4.69, 9.17) is 81.2 Å². The Hall–Kier alpha value is -6.75. The summed E-state index contributed by atoms with van der Waals surface area (Å²) in [4.78, 5) is 7.83. The summed E-state index contributed by atoms with van der Waals surface area (Å²) >= 11 is 40.4. The number of aromatic nitrogens is 2. The molecule has 10 aromatic rings. The Morgan fingerprint density at radius 2 is 0.688 bits per heavy atom. The predicted molar refractivity (Wildman–Crippen MR) is 451 cm³/mol. The van der Waals surface area contributed by atoms with Gasteiger partial charge in [0.1, 0.15) is 22.6 Å². The molecule has 0 atom stereocenters. The van der Waals surface area contributed by atoms with E-state index >= 15 is 0 Å². The van der Waals surface area contributed by atoms with Gasteiger partial charge in [-0.05, 0) is 201 Å². The Morgan fingerprint density at radius 3 is 1.06 bits per heavy atom. The van der Waals surface area contributed by atoms with Gasteiger partial charge in [0, 0.05) is 42.6 Å². The Kier molecular flexibility index (Phi) is 47.3. The van der Waals surface area contributed by atoms with Gasteiger partial charge >= 0.3 is 18.5 Å². The lowest BCUT2D eigenvalue weighted by Crippen LogP contribution is -2.07. The van der Waals surface area contributed by atoms with Gasteiger partial charge in [-0.3, -0.25) is 4.98 Å². The zero-order chi connectivity index (χ0) is 85.7. The van der Waals surface area contributed by atoms with Crippen molar-refractivity contribution in [1.82, 2.24) is 9.97 Å². The molecule has 112 heavy (non-hydrogen) atoms. The van der Waals surface area contributed by atoms with Gasteiger partial charge in [0.15, 0.2) is 0 Å².